The zero-order chi connectivity index (χ0) is 11.8. The Balaban J connectivity index is 2.60. The third-order valence-corrected chi connectivity index (χ3v) is 2.46. The summed E-state index contributed by atoms with van der Waals surface area (Å²) in [6, 6.07) is 0.469. The smallest absolute Gasteiger partial charge is 0.232 e. The number of hydrogen-bond donors (Lipinski definition) is 1. The van der Waals surface area contributed by atoms with E-state index in [0.29, 0.717) is 18.5 Å². The van der Waals surface area contributed by atoms with Crippen LogP contribution in [-0.4, -0.2) is 29.7 Å². The van der Waals surface area contributed by atoms with Crippen molar-refractivity contribution in [2.45, 2.75) is 39.2 Å². The summed E-state index contributed by atoms with van der Waals surface area (Å²) in [6.07, 6.45) is 6.68. The molecule has 1 aromatic rings. The molecule has 1 unspecified atom stereocenters. The van der Waals surface area contributed by atoms with Gasteiger partial charge in [0.1, 0.15) is 0 Å². The lowest BCUT2D eigenvalue weighted by atomic mass is 10.1. The minimum atomic E-state index is 0.469. The van der Waals surface area contributed by atoms with E-state index in [1.54, 1.807) is 6.20 Å². The lowest BCUT2D eigenvalue weighted by Crippen LogP contribution is -2.27. The molecule has 0 radical (unpaired) electrons. The molecule has 0 aliphatic carbocycles. The van der Waals surface area contributed by atoms with Gasteiger partial charge < -0.3 is 10.1 Å². The maximum atomic E-state index is 5.33. The van der Waals surface area contributed by atoms with E-state index in [-0.39, 0.29) is 0 Å². The van der Waals surface area contributed by atoms with Crippen LogP contribution < -0.4 is 10.1 Å². The summed E-state index contributed by atoms with van der Waals surface area (Å²) in [5.41, 5.74) is 0.985. The molecule has 0 amide bonds. The molecule has 0 fully saturated rings. The number of rotatable bonds is 7. The van der Waals surface area contributed by atoms with Crippen molar-refractivity contribution in [3.8, 4) is 5.88 Å². The number of nitrogens with zero attached hydrogens (tertiary/aromatic N) is 2. The van der Waals surface area contributed by atoms with Crippen LogP contribution in [0.15, 0.2) is 12.4 Å². The summed E-state index contributed by atoms with van der Waals surface area (Å²) in [5.74, 6) is 0.617. The van der Waals surface area contributed by atoms with E-state index in [1.165, 1.54) is 6.42 Å². The summed E-state index contributed by atoms with van der Waals surface area (Å²) >= 11 is 0. The van der Waals surface area contributed by atoms with E-state index < -0.39 is 0 Å². The van der Waals surface area contributed by atoms with E-state index in [0.717, 1.165) is 18.5 Å². The monoisotopic (exact) mass is 223 g/mol. The Morgan fingerprint density at radius 2 is 2.19 bits per heavy atom. The topological polar surface area (TPSA) is 47.0 Å². The molecule has 1 aromatic heterocycles. The second-order valence-corrected chi connectivity index (χ2v) is 3.76. The van der Waals surface area contributed by atoms with Crippen molar-refractivity contribution in [2.75, 3.05) is 13.7 Å². The van der Waals surface area contributed by atoms with Crippen LogP contribution in [0, 0.1) is 0 Å². The molecule has 0 saturated heterocycles. The maximum Gasteiger partial charge on any atom is 0.232 e. The highest BCUT2D eigenvalue weighted by atomic mass is 16.5. The molecule has 0 spiro atoms. The lowest BCUT2D eigenvalue weighted by Gasteiger charge is -2.14. The summed E-state index contributed by atoms with van der Waals surface area (Å²) in [5, 5.41) is 3.29. The number of ether oxygens (including phenoxy) is 1. The molecule has 4 heteroatoms. The third-order valence-electron chi connectivity index (χ3n) is 2.46. The first-order valence-corrected chi connectivity index (χ1v) is 5.91. The first kappa shape index (κ1) is 12.9. The summed E-state index contributed by atoms with van der Waals surface area (Å²) < 4.78 is 5.33. The molecule has 0 saturated carbocycles. The number of likely N-dealkylation sites (N-methyl/N-ethyl adjacent to an activating group) is 1. The SMILES string of the molecule is CCCC(Cc1cncc(OCC)n1)NC. The Bertz CT molecular complexity index is 304. The largest absolute Gasteiger partial charge is 0.477 e. The summed E-state index contributed by atoms with van der Waals surface area (Å²) in [6.45, 7) is 4.76. The fraction of sp³-hybridized carbons (Fsp3) is 0.667. The number of nitrogens with one attached hydrogen (secondary N) is 1. The number of hydrogen-bond acceptors (Lipinski definition) is 4. The van der Waals surface area contributed by atoms with Gasteiger partial charge in [0.05, 0.1) is 18.5 Å². The van der Waals surface area contributed by atoms with Gasteiger partial charge in [-0.1, -0.05) is 13.3 Å². The summed E-state index contributed by atoms with van der Waals surface area (Å²) in [4.78, 5) is 8.54. The molecule has 0 aromatic carbocycles. The molecule has 1 N–H and O–H groups in total. The predicted molar refractivity (Wildman–Crippen MR) is 64.7 cm³/mol. The first-order valence-electron chi connectivity index (χ1n) is 5.91. The molecular weight excluding hydrogens is 202 g/mol. The van der Waals surface area contributed by atoms with Crippen LogP contribution >= 0.6 is 0 Å². The number of aromatic nitrogens is 2. The third kappa shape index (κ3) is 4.14. The Kier molecular flexibility index (Phi) is 5.78. The van der Waals surface area contributed by atoms with E-state index in [9.17, 15) is 0 Å². The summed E-state index contributed by atoms with van der Waals surface area (Å²) in [7, 11) is 1.99. The first-order chi connectivity index (χ1) is 7.80. The van der Waals surface area contributed by atoms with E-state index >= 15 is 0 Å². The molecule has 4 nitrogen and oxygen atoms in total. The second-order valence-electron chi connectivity index (χ2n) is 3.76. The Hall–Kier alpha value is -1.16. The van der Waals surface area contributed by atoms with Gasteiger partial charge in [-0.3, -0.25) is 4.98 Å². The zero-order valence-electron chi connectivity index (χ0n) is 10.4. The fourth-order valence-electron chi connectivity index (χ4n) is 1.65. The Morgan fingerprint density at radius 1 is 1.38 bits per heavy atom. The molecule has 16 heavy (non-hydrogen) atoms. The average Bonchev–Trinajstić information content (AvgIpc) is 2.29. The van der Waals surface area contributed by atoms with Crippen molar-refractivity contribution in [3.63, 3.8) is 0 Å². The highest BCUT2D eigenvalue weighted by molar-refractivity contribution is 5.09. The van der Waals surface area contributed by atoms with E-state index in [2.05, 4.69) is 22.2 Å². The second kappa shape index (κ2) is 7.17. The van der Waals surface area contributed by atoms with Crippen LogP contribution in [0.2, 0.25) is 0 Å². The van der Waals surface area contributed by atoms with Gasteiger partial charge in [0.15, 0.2) is 0 Å². The van der Waals surface area contributed by atoms with Gasteiger partial charge in [0, 0.05) is 18.7 Å². The van der Waals surface area contributed by atoms with Crippen LogP contribution in [0.25, 0.3) is 0 Å². The van der Waals surface area contributed by atoms with Crippen LogP contribution in [0.4, 0.5) is 0 Å². The van der Waals surface area contributed by atoms with Gasteiger partial charge in [-0.25, -0.2) is 4.98 Å². The highest BCUT2D eigenvalue weighted by Crippen LogP contribution is 2.09. The minimum absolute atomic E-state index is 0.469. The van der Waals surface area contributed by atoms with Crippen LogP contribution in [0.1, 0.15) is 32.4 Å². The molecule has 0 aliphatic heterocycles. The van der Waals surface area contributed by atoms with Crippen molar-refractivity contribution >= 4 is 0 Å². The van der Waals surface area contributed by atoms with Gasteiger partial charge in [-0.15, -0.1) is 0 Å². The normalized spacial score (nSPS) is 12.4. The minimum Gasteiger partial charge on any atom is -0.477 e. The van der Waals surface area contributed by atoms with E-state index in [1.807, 2.05) is 20.2 Å². The van der Waals surface area contributed by atoms with Crippen molar-refractivity contribution in [2.24, 2.45) is 0 Å². The molecule has 1 atom stereocenters. The Labute approximate surface area is 97.5 Å². The van der Waals surface area contributed by atoms with Crippen molar-refractivity contribution in [1.29, 1.82) is 0 Å². The van der Waals surface area contributed by atoms with Crippen molar-refractivity contribution in [3.05, 3.63) is 18.1 Å². The Morgan fingerprint density at radius 3 is 2.81 bits per heavy atom. The molecule has 90 valence electrons. The van der Waals surface area contributed by atoms with E-state index in [4.69, 9.17) is 4.74 Å². The van der Waals surface area contributed by atoms with Crippen LogP contribution in [0.3, 0.4) is 0 Å². The average molecular weight is 223 g/mol. The molecule has 1 heterocycles. The molecular formula is C12H21N3O. The maximum absolute atomic E-state index is 5.33. The zero-order valence-corrected chi connectivity index (χ0v) is 10.4. The quantitative estimate of drug-likeness (QED) is 0.765. The molecule has 0 aliphatic rings. The lowest BCUT2D eigenvalue weighted by molar-refractivity contribution is 0.323. The van der Waals surface area contributed by atoms with Crippen molar-refractivity contribution in [1.82, 2.24) is 15.3 Å². The van der Waals surface area contributed by atoms with Gasteiger partial charge in [0.2, 0.25) is 5.88 Å². The van der Waals surface area contributed by atoms with Gasteiger partial charge in [-0.05, 0) is 20.4 Å². The van der Waals surface area contributed by atoms with Crippen LogP contribution in [-0.2, 0) is 6.42 Å². The van der Waals surface area contributed by atoms with Gasteiger partial charge >= 0.3 is 0 Å². The van der Waals surface area contributed by atoms with Crippen molar-refractivity contribution < 1.29 is 4.74 Å². The molecule has 1 rings (SSSR count). The molecule has 0 bridgehead atoms. The predicted octanol–water partition coefficient (Wildman–Crippen LogP) is 1.81. The highest BCUT2D eigenvalue weighted by Gasteiger charge is 2.08. The van der Waals surface area contributed by atoms with Gasteiger partial charge in [-0.2, -0.15) is 0 Å². The van der Waals surface area contributed by atoms with Gasteiger partial charge in [0.25, 0.3) is 0 Å². The fourth-order valence-corrected chi connectivity index (χ4v) is 1.65. The van der Waals surface area contributed by atoms with Crippen LogP contribution in [0.5, 0.6) is 5.88 Å². The standard InChI is InChI=1S/C12H21N3O/c1-4-6-10(13-3)7-11-8-14-9-12(15-11)16-5-2/h8-10,13H,4-7H2,1-3H3.